The first kappa shape index (κ1) is 15.6. The first-order valence-electron chi connectivity index (χ1n) is 5.50. The molecule has 0 atom stereocenters. The van der Waals surface area contributed by atoms with Crippen LogP contribution in [0.5, 0.6) is 0 Å². The van der Waals surface area contributed by atoms with Gasteiger partial charge in [0.2, 0.25) is 0 Å². The molecule has 0 saturated heterocycles. The van der Waals surface area contributed by atoms with E-state index < -0.39 is 11.7 Å². The van der Waals surface area contributed by atoms with E-state index in [0.29, 0.717) is 15.3 Å². The minimum atomic E-state index is -4.50. The molecule has 1 N–H and O–H groups in total. The Morgan fingerprint density at radius 1 is 1.29 bits per heavy atom. The minimum absolute atomic E-state index is 0.131. The maximum Gasteiger partial charge on any atom is 0.416 e. The van der Waals surface area contributed by atoms with Gasteiger partial charge in [0, 0.05) is 6.20 Å². The maximum atomic E-state index is 12.6. The zero-order chi connectivity index (χ0) is 15.6. The van der Waals surface area contributed by atoms with Crippen molar-refractivity contribution in [2.24, 2.45) is 0 Å². The van der Waals surface area contributed by atoms with Gasteiger partial charge < -0.3 is 5.32 Å². The number of nitriles is 1. The first-order chi connectivity index (χ1) is 9.81. The number of nitrogens with one attached hydrogen (secondary N) is 1. The number of alkyl halides is 3. The lowest BCUT2D eigenvalue weighted by Gasteiger charge is -2.12. The van der Waals surface area contributed by atoms with Crippen molar-refractivity contribution in [2.45, 2.75) is 6.18 Å². The summed E-state index contributed by atoms with van der Waals surface area (Å²) in [5.74, 6) is 0.343. The smallest absolute Gasteiger partial charge is 0.338 e. The normalized spacial score (nSPS) is 11.0. The van der Waals surface area contributed by atoms with Gasteiger partial charge in [-0.3, -0.25) is 0 Å². The summed E-state index contributed by atoms with van der Waals surface area (Å²) in [5, 5.41) is 12.2. The van der Waals surface area contributed by atoms with Crippen LogP contribution < -0.4 is 5.32 Å². The highest BCUT2D eigenvalue weighted by Gasteiger charge is 2.31. The summed E-state index contributed by atoms with van der Waals surface area (Å²) in [6, 6.07) is 6.17. The highest BCUT2D eigenvalue weighted by molar-refractivity contribution is 9.10. The number of rotatable bonds is 2. The van der Waals surface area contributed by atoms with E-state index in [2.05, 4.69) is 26.2 Å². The number of aromatic nitrogens is 1. The van der Waals surface area contributed by atoms with E-state index in [4.69, 9.17) is 16.9 Å². The number of hydrogen-bond donors (Lipinski definition) is 1. The number of benzene rings is 1. The fourth-order valence-electron chi connectivity index (χ4n) is 1.56. The van der Waals surface area contributed by atoms with Gasteiger partial charge in [0.1, 0.15) is 11.9 Å². The Bertz CT molecular complexity index is 726. The highest BCUT2D eigenvalue weighted by Crippen LogP contribution is 2.33. The molecule has 2 aromatic rings. The third kappa shape index (κ3) is 3.65. The van der Waals surface area contributed by atoms with Gasteiger partial charge in [0.25, 0.3) is 0 Å². The summed E-state index contributed by atoms with van der Waals surface area (Å²) < 4.78 is 38.3. The predicted octanol–water partition coefficient (Wildman–Crippen LogP) is 5.13. The van der Waals surface area contributed by atoms with Gasteiger partial charge in [0.05, 0.1) is 26.3 Å². The van der Waals surface area contributed by atoms with Gasteiger partial charge in [-0.25, -0.2) is 4.98 Å². The fourth-order valence-corrected chi connectivity index (χ4v) is 2.29. The molecule has 0 saturated carbocycles. The molecule has 1 aromatic carbocycles. The van der Waals surface area contributed by atoms with Crippen molar-refractivity contribution in [3.8, 4) is 6.07 Å². The zero-order valence-electron chi connectivity index (χ0n) is 10.2. The van der Waals surface area contributed by atoms with Crippen LogP contribution in [0.25, 0.3) is 0 Å². The van der Waals surface area contributed by atoms with Crippen molar-refractivity contribution in [3.05, 3.63) is 51.1 Å². The Kier molecular flexibility index (Phi) is 4.40. The number of anilines is 2. The predicted molar refractivity (Wildman–Crippen MR) is 76.4 cm³/mol. The van der Waals surface area contributed by atoms with E-state index in [9.17, 15) is 13.2 Å². The summed E-state index contributed by atoms with van der Waals surface area (Å²) in [5.41, 5.74) is -0.790. The lowest BCUT2D eigenvalue weighted by Crippen LogP contribution is -2.06. The topological polar surface area (TPSA) is 48.7 Å². The average molecular weight is 377 g/mol. The van der Waals surface area contributed by atoms with Crippen LogP contribution in [0.15, 0.2) is 34.9 Å². The Morgan fingerprint density at radius 2 is 2.00 bits per heavy atom. The molecule has 1 aromatic heterocycles. The van der Waals surface area contributed by atoms with Crippen LogP contribution in [0.2, 0.25) is 5.02 Å². The van der Waals surface area contributed by atoms with Crippen LogP contribution >= 0.6 is 27.5 Å². The molecule has 3 nitrogen and oxygen atoms in total. The molecule has 2 rings (SSSR count). The van der Waals surface area contributed by atoms with E-state index in [1.165, 1.54) is 12.3 Å². The monoisotopic (exact) mass is 375 g/mol. The Labute approximate surface area is 131 Å². The van der Waals surface area contributed by atoms with E-state index in [1.807, 2.05) is 0 Å². The molecule has 0 fully saturated rings. The second kappa shape index (κ2) is 5.92. The van der Waals surface area contributed by atoms with Crippen LogP contribution in [0.4, 0.5) is 24.7 Å². The molecule has 0 spiro atoms. The molecule has 0 bridgehead atoms. The number of hydrogen-bond acceptors (Lipinski definition) is 3. The Balaban J connectivity index is 2.39. The van der Waals surface area contributed by atoms with E-state index in [1.54, 1.807) is 12.1 Å². The Hall–Kier alpha value is -1.78. The van der Waals surface area contributed by atoms with Crippen molar-refractivity contribution in [1.82, 2.24) is 4.98 Å². The highest BCUT2D eigenvalue weighted by atomic mass is 79.9. The van der Waals surface area contributed by atoms with Gasteiger partial charge in [-0.1, -0.05) is 11.6 Å². The van der Waals surface area contributed by atoms with Crippen LogP contribution in [0, 0.1) is 11.3 Å². The summed E-state index contributed by atoms with van der Waals surface area (Å²) in [7, 11) is 0. The summed E-state index contributed by atoms with van der Waals surface area (Å²) >= 11 is 8.98. The molecule has 21 heavy (non-hydrogen) atoms. The largest absolute Gasteiger partial charge is 0.416 e. The van der Waals surface area contributed by atoms with Gasteiger partial charge >= 0.3 is 6.18 Å². The zero-order valence-corrected chi connectivity index (χ0v) is 12.5. The van der Waals surface area contributed by atoms with Gasteiger partial charge in [-0.2, -0.15) is 18.4 Å². The van der Waals surface area contributed by atoms with Crippen molar-refractivity contribution in [1.29, 1.82) is 5.26 Å². The molecule has 1 heterocycles. The van der Waals surface area contributed by atoms with Crippen molar-refractivity contribution >= 4 is 39.0 Å². The minimum Gasteiger partial charge on any atom is -0.338 e. The third-order valence-electron chi connectivity index (χ3n) is 2.53. The van der Waals surface area contributed by atoms with E-state index >= 15 is 0 Å². The summed E-state index contributed by atoms with van der Waals surface area (Å²) in [6.07, 6.45) is -3.12. The summed E-state index contributed by atoms with van der Waals surface area (Å²) in [6.45, 7) is 0. The number of nitrogens with zero attached hydrogens (tertiary/aromatic N) is 2. The van der Waals surface area contributed by atoms with Crippen molar-refractivity contribution in [3.63, 3.8) is 0 Å². The van der Waals surface area contributed by atoms with Gasteiger partial charge in [0.15, 0.2) is 0 Å². The van der Waals surface area contributed by atoms with Crippen molar-refractivity contribution < 1.29 is 13.2 Å². The fraction of sp³-hybridized carbons (Fsp3) is 0.0769. The molecule has 108 valence electrons. The van der Waals surface area contributed by atoms with Crippen molar-refractivity contribution in [2.75, 3.05) is 5.32 Å². The van der Waals surface area contributed by atoms with E-state index in [0.717, 1.165) is 12.1 Å². The standard InChI is InChI=1S/C13H6BrClF3N3/c14-10-4-9(15)6-20-12(10)21-11-2-1-8(13(16,17)18)3-7(11)5-19/h1-4,6H,(H,20,21). The molecule has 0 unspecified atom stereocenters. The van der Waals surface area contributed by atoms with Gasteiger partial charge in [-0.15, -0.1) is 0 Å². The lowest BCUT2D eigenvalue weighted by molar-refractivity contribution is -0.137. The molecule has 8 heteroatoms. The molecule has 0 aliphatic heterocycles. The molecule has 0 radical (unpaired) electrons. The molecule has 0 amide bonds. The molecule has 0 aliphatic carbocycles. The van der Waals surface area contributed by atoms with Crippen LogP contribution in [0.3, 0.4) is 0 Å². The molecular weight excluding hydrogens is 371 g/mol. The lowest BCUT2D eigenvalue weighted by atomic mass is 10.1. The van der Waals surface area contributed by atoms with Crippen LogP contribution in [0.1, 0.15) is 11.1 Å². The second-order valence-electron chi connectivity index (χ2n) is 3.98. The second-order valence-corrected chi connectivity index (χ2v) is 5.27. The molecular formula is C13H6BrClF3N3. The van der Waals surface area contributed by atoms with Crippen LogP contribution in [-0.4, -0.2) is 4.98 Å². The first-order valence-corrected chi connectivity index (χ1v) is 6.68. The van der Waals surface area contributed by atoms with E-state index in [-0.39, 0.29) is 11.3 Å². The quantitative estimate of drug-likeness (QED) is 0.790. The molecule has 0 aliphatic rings. The average Bonchev–Trinajstić information content (AvgIpc) is 2.41. The van der Waals surface area contributed by atoms with Gasteiger partial charge in [-0.05, 0) is 40.2 Å². The maximum absolute atomic E-state index is 12.6. The summed E-state index contributed by atoms with van der Waals surface area (Å²) in [4.78, 5) is 4.00. The third-order valence-corrected chi connectivity index (χ3v) is 3.34. The number of pyridine rings is 1. The number of halogens is 5. The SMILES string of the molecule is N#Cc1cc(C(F)(F)F)ccc1Nc1ncc(Cl)cc1Br. The Morgan fingerprint density at radius 3 is 2.57 bits per heavy atom. The van der Waals surface area contributed by atoms with Crippen LogP contribution in [-0.2, 0) is 6.18 Å².